The Morgan fingerprint density at radius 2 is 2.20 bits per heavy atom. The van der Waals surface area contributed by atoms with Crippen molar-refractivity contribution in [1.29, 1.82) is 0 Å². The molecule has 10 nitrogen and oxygen atoms in total. The van der Waals surface area contributed by atoms with Crippen LogP contribution in [0.4, 0.5) is 0 Å². The minimum atomic E-state index is -1.13. The van der Waals surface area contributed by atoms with E-state index >= 15 is 0 Å². The number of hydrogen-bond donors (Lipinski definition) is 4. The lowest BCUT2D eigenvalue weighted by Crippen LogP contribution is -2.33. The van der Waals surface area contributed by atoms with Crippen LogP contribution in [-0.2, 0) is 9.53 Å². The van der Waals surface area contributed by atoms with Crippen molar-refractivity contribution < 1.29 is 24.9 Å². The highest BCUT2D eigenvalue weighted by atomic mass is 32.2. The number of fused-ring (bicyclic) bond motifs is 1. The van der Waals surface area contributed by atoms with Gasteiger partial charge in [0.2, 0.25) is 0 Å². The predicted octanol–water partition coefficient (Wildman–Crippen LogP) is -1.02. The van der Waals surface area contributed by atoms with Gasteiger partial charge < -0.3 is 25.8 Å². The first-order valence-corrected chi connectivity index (χ1v) is 8.84. The van der Waals surface area contributed by atoms with Gasteiger partial charge in [0.1, 0.15) is 30.1 Å². The highest BCUT2D eigenvalue weighted by molar-refractivity contribution is 7.99. The van der Waals surface area contributed by atoms with E-state index in [4.69, 9.17) is 15.6 Å². The number of hydrogen-bond acceptors (Lipinski definition) is 9. The van der Waals surface area contributed by atoms with E-state index in [0.29, 0.717) is 29.1 Å². The maximum Gasteiger partial charge on any atom is 0.320 e. The summed E-state index contributed by atoms with van der Waals surface area (Å²) in [6.45, 7) is 0. The third kappa shape index (κ3) is 3.75. The summed E-state index contributed by atoms with van der Waals surface area (Å²) in [4.78, 5) is 22.8. The molecular weight excluding hydrogens is 350 g/mol. The van der Waals surface area contributed by atoms with Gasteiger partial charge in [-0.2, -0.15) is 11.8 Å². The lowest BCUT2D eigenvalue weighted by atomic mass is 10.1. The zero-order valence-corrected chi connectivity index (χ0v) is 14.0. The maximum atomic E-state index is 10.7. The quantitative estimate of drug-likeness (QED) is 0.445. The minimum Gasteiger partial charge on any atom is -0.480 e. The third-order valence-electron chi connectivity index (χ3n) is 4.02. The molecule has 0 aliphatic carbocycles. The molecule has 3 heterocycles. The number of thioether (sulfide) groups is 1. The molecule has 25 heavy (non-hydrogen) atoms. The topological polar surface area (TPSA) is 157 Å². The molecule has 2 aromatic rings. The van der Waals surface area contributed by atoms with Crippen LogP contribution in [0.15, 0.2) is 18.9 Å². The van der Waals surface area contributed by atoms with Crippen molar-refractivity contribution in [2.24, 2.45) is 5.73 Å². The first-order chi connectivity index (χ1) is 12.0. The Balaban J connectivity index is 1.60. The summed E-state index contributed by atoms with van der Waals surface area (Å²) < 4.78 is 7.35. The number of carbonyl (C=O) groups is 1. The van der Waals surface area contributed by atoms with Crippen LogP contribution >= 0.6 is 11.8 Å². The molecule has 2 aromatic heterocycles. The lowest BCUT2D eigenvalue weighted by molar-refractivity contribution is -0.138. The molecule has 1 aliphatic heterocycles. The molecule has 1 aliphatic rings. The Bertz CT molecular complexity index is 743. The van der Waals surface area contributed by atoms with Gasteiger partial charge in [0.25, 0.3) is 0 Å². The van der Waals surface area contributed by atoms with Gasteiger partial charge in [0.05, 0.1) is 18.6 Å². The second kappa shape index (κ2) is 7.62. The molecule has 0 amide bonds. The summed E-state index contributed by atoms with van der Waals surface area (Å²) >= 11 is 1.41. The largest absolute Gasteiger partial charge is 0.480 e. The Kier molecular flexibility index (Phi) is 5.49. The monoisotopic (exact) mass is 369 g/mol. The average Bonchev–Trinajstić information content (AvgIpc) is 3.14. The number of aliphatic hydroxyl groups excluding tert-OH is 2. The van der Waals surface area contributed by atoms with Gasteiger partial charge >= 0.3 is 5.97 Å². The highest BCUT2D eigenvalue weighted by Crippen LogP contribution is 2.32. The SMILES string of the molecule is N[C@@H](CCSC[C@H]1O[C@@H](n2cnc3cncnc32)[C@H](O)[C@@H]1O)C(=O)O. The summed E-state index contributed by atoms with van der Waals surface area (Å²) in [5.41, 5.74) is 6.51. The molecule has 5 atom stereocenters. The summed E-state index contributed by atoms with van der Waals surface area (Å²) in [6, 6.07) is -0.905. The average molecular weight is 369 g/mol. The molecule has 0 bridgehead atoms. The Morgan fingerprint density at radius 3 is 2.96 bits per heavy atom. The van der Waals surface area contributed by atoms with E-state index in [2.05, 4.69) is 15.0 Å². The molecule has 5 N–H and O–H groups in total. The lowest BCUT2D eigenvalue weighted by Gasteiger charge is -2.16. The Hall–Kier alpha value is -1.79. The fourth-order valence-corrected chi connectivity index (χ4v) is 3.70. The number of imidazole rings is 1. The highest BCUT2D eigenvalue weighted by Gasteiger charge is 2.44. The van der Waals surface area contributed by atoms with Gasteiger partial charge in [0, 0.05) is 5.75 Å². The summed E-state index contributed by atoms with van der Waals surface area (Å²) in [6.07, 6.45) is 1.14. The van der Waals surface area contributed by atoms with Gasteiger partial charge in [-0.25, -0.2) is 15.0 Å². The zero-order chi connectivity index (χ0) is 18.0. The number of ether oxygens (including phenoxy) is 1. The van der Waals surface area contributed by atoms with E-state index in [0.717, 1.165) is 0 Å². The predicted molar refractivity (Wildman–Crippen MR) is 88.8 cm³/mol. The first kappa shape index (κ1) is 18.0. The smallest absolute Gasteiger partial charge is 0.320 e. The van der Waals surface area contributed by atoms with Crippen molar-refractivity contribution in [3.05, 3.63) is 18.9 Å². The van der Waals surface area contributed by atoms with Crippen molar-refractivity contribution in [2.45, 2.75) is 37.0 Å². The van der Waals surface area contributed by atoms with Crippen LogP contribution in [0, 0.1) is 0 Å². The molecule has 1 saturated heterocycles. The van der Waals surface area contributed by atoms with E-state index in [9.17, 15) is 15.0 Å². The number of nitrogens with zero attached hydrogens (tertiary/aromatic N) is 4. The summed E-state index contributed by atoms with van der Waals surface area (Å²) in [5, 5.41) is 29.3. The van der Waals surface area contributed by atoms with E-state index in [1.165, 1.54) is 24.4 Å². The van der Waals surface area contributed by atoms with Crippen molar-refractivity contribution in [3.8, 4) is 0 Å². The van der Waals surface area contributed by atoms with Gasteiger partial charge in [-0.1, -0.05) is 0 Å². The molecule has 0 radical (unpaired) electrons. The van der Waals surface area contributed by atoms with Crippen LogP contribution in [-0.4, -0.2) is 76.7 Å². The van der Waals surface area contributed by atoms with Gasteiger partial charge in [-0.15, -0.1) is 0 Å². The second-order valence-corrected chi connectivity index (χ2v) is 6.89. The van der Waals surface area contributed by atoms with E-state index in [1.54, 1.807) is 10.8 Å². The van der Waals surface area contributed by atoms with Crippen molar-refractivity contribution in [3.63, 3.8) is 0 Å². The van der Waals surface area contributed by atoms with Gasteiger partial charge in [-0.3, -0.25) is 9.36 Å². The van der Waals surface area contributed by atoms with E-state index in [1.807, 2.05) is 0 Å². The van der Waals surface area contributed by atoms with Crippen LogP contribution in [0.5, 0.6) is 0 Å². The molecule has 1 fully saturated rings. The Morgan fingerprint density at radius 1 is 1.40 bits per heavy atom. The standard InChI is InChI=1S/C14H19N5O5S/c15-7(14(22)23)1-2-25-4-9-10(20)11(21)13(24-9)19-6-18-8-3-16-5-17-12(8)19/h3,5-7,9-11,13,20-21H,1-2,4,15H2,(H,22,23)/t7-,9+,10+,11+,13+/m0/s1. The number of aliphatic hydroxyl groups is 2. The number of carboxylic acids is 1. The van der Waals surface area contributed by atoms with Crippen LogP contribution in [0.2, 0.25) is 0 Å². The molecular formula is C14H19N5O5S. The number of nitrogens with two attached hydrogens (primary N) is 1. The normalized spacial score (nSPS) is 27.6. The van der Waals surface area contributed by atoms with Crippen molar-refractivity contribution in [1.82, 2.24) is 19.5 Å². The van der Waals surface area contributed by atoms with Crippen LogP contribution in [0.25, 0.3) is 11.2 Å². The Labute approximate surface area is 147 Å². The van der Waals surface area contributed by atoms with E-state index in [-0.39, 0.29) is 0 Å². The van der Waals surface area contributed by atoms with Crippen molar-refractivity contribution >= 4 is 28.9 Å². The fraction of sp³-hybridized carbons (Fsp3) is 0.571. The second-order valence-electron chi connectivity index (χ2n) is 5.74. The third-order valence-corrected chi connectivity index (χ3v) is 5.11. The van der Waals surface area contributed by atoms with Crippen LogP contribution < -0.4 is 5.73 Å². The van der Waals surface area contributed by atoms with Gasteiger partial charge in [0.15, 0.2) is 11.9 Å². The number of rotatable bonds is 7. The summed E-state index contributed by atoms with van der Waals surface area (Å²) in [7, 11) is 0. The molecule has 136 valence electrons. The summed E-state index contributed by atoms with van der Waals surface area (Å²) in [5.74, 6) is -0.118. The van der Waals surface area contributed by atoms with Crippen LogP contribution in [0.1, 0.15) is 12.6 Å². The first-order valence-electron chi connectivity index (χ1n) is 7.69. The number of carboxylic acid groups (broad SMARTS) is 1. The number of aliphatic carboxylic acids is 1. The van der Waals surface area contributed by atoms with E-state index < -0.39 is 36.6 Å². The minimum absolute atomic E-state index is 0.317. The van der Waals surface area contributed by atoms with Crippen molar-refractivity contribution in [2.75, 3.05) is 11.5 Å². The zero-order valence-electron chi connectivity index (χ0n) is 13.2. The molecule has 0 saturated carbocycles. The fourth-order valence-electron chi connectivity index (χ4n) is 2.60. The maximum absolute atomic E-state index is 10.7. The molecule has 0 unspecified atom stereocenters. The molecule has 0 spiro atoms. The van der Waals surface area contributed by atoms with Crippen LogP contribution in [0.3, 0.4) is 0 Å². The molecule has 11 heteroatoms. The molecule has 0 aromatic carbocycles. The number of aromatic nitrogens is 4. The van der Waals surface area contributed by atoms with Gasteiger partial charge in [-0.05, 0) is 12.2 Å². The molecule has 3 rings (SSSR count).